The first-order chi connectivity index (χ1) is 19.6. The van der Waals surface area contributed by atoms with Crippen molar-refractivity contribution >= 4 is 41.8 Å². The Morgan fingerprint density at radius 2 is 1.90 bits per heavy atom. The van der Waals surface area contributed by atoms with Crippen molar-refractivity contribution in [3.8, 4) is 0 Å². The normalized spacial score (nSPS) is 17.2. The molecule has 0 bridgehead atoms. The number of hydrogen-bond acceptors (Lipinski definition) is 2. The van der Waals surface area contributed by atoms with Gasteiger partial charge in [0, 0.05) is 39.2 Å². The summed E-state index contributed by atoms with van der Waals surface area (Å²) in [7, 11) is 0. The number of amides is 1. The summed E-state index contributed by atoms with van der Waals surface area (Å²) in [4.78, 5) is 23.4. The summed E-state index contributed by atoms with van der Waals surface area (Å²) in [5.74, 6) is -1.13. The summed E-state index contributed by atoms with van der Waals surface area (Å²) in [6.07, 6.45) is 14.8. The monoisotopic (exact) mass is 593 g/mol. The molecule has 2 aliphatic rings. The molecule has 0 saturated carbocycles. The fourth-order valence-electron chi connectivity index (χ4n) is 5.60. The minimum Gasteiger partial charge on any atom is -0.481 e. The molecule has 1 aliphatic heterocycles. The molecule has 0 fully saturated rings. The molecule has 0 spiro atoms. The van der Waals surface area contributed by atoms with Crippen molar-refractivity contribution in [1.29, 1.82) is 0 Å². The number of carbonyl (C=O) groups is 2. The van der Waals surface area contributed by atoms with Crippen LogP contribution in [0.2, 0.25) is 0 Å². The number of halogens is 2. The van der Waals surface area contributed by atoms with Gasteiger partial charge in [0.1, 0.15) is 6.72 Å². The van der Waals surface area contributed by atoms with Crippen LogP contribution in [0.4, 0.5) is 0 Å². The van der Waals surface area contributed by atoms with Crippen LogP contribution >= 0.6 is 23.2 Å². The molecule has 0 radical (unpaired) electrons. The number of nitrogens with zero attached hydrogens (tertiary/aromatic N) is 1. The largest absolute Gasteiger partial charge is 0.481 e. The Kier molecular flexibility index (Phi) is 11.7. The number of hydrogen-bond donors (Lipinski definition) is 2. The maximum Gasteiger partial charge on any atom is 0.305 e. The average molecular weight is 595 g/mol. The highest BCUT2D eigenvalue weighted by atomic mass is 35.5. The van der Waals surface area contributed by atoms with Gasteiger partial charge < -0.3 is 10.4 Å². The van der Waals surface area contributed by atoms with Gasteiger partial charge in [0.2, 0.25) is 5.70 Å². The number of allylic oxidation sites excluding steroid dienone is 11. The van der Waals surface area contributed by atoms with E-state index in [0.29, 0.717) is 28.6 Å². The molecule has 1 amide bonds. The fourth-order valence-corrected chi connectivity index (χ4v) is 5.90. The van der Waals surface area contributed by atoms with E-state index in [4.69, 9.17) is 28.3 Å². The van der Waals surface area contributed by atoms with E-state index in [0.717, 1.165) is 35.2 Å². The van der Waals surface area contributed by atoms with E-state index in [2.05, 4.69) is 50.7 Å². The maximum atomic E-state index is 12.6. The van der Waals surface area contributed by atoms with Gasteiger partial charge in [-0.05, 0) is 79.7 Å². The number of carboxylic acids is 1. The quantitative estimate of drug-likeness (QED) is 0.190. The van der Waals surface area contributed by atoms with Crippen molar-refractivity contribution in [1.82, 2.24) is 5.32 Å². The molecule has 1 aromatic carbocycles. The van der Waals surface area contributed by atoms with Crippen LogP contribution in [-0.4, -0.2) is 41.4 Å². The van der Waals surface area contributed by atoms with E-state index < -0.39 is 5.97 Å². The summed E-state index contributed by atoms with van der Waals surface area (Å²) < 4.78 is 2.03. The van der Waals surface area contributed by atoms with Gasteiger partial charge in [0.05, 0.1) is 6.42 Å². The zero-order chi connectivity index (χ0) is 30.1. The number of carbonyl (C=O) groups excluding carboxylic acids is 1. The molecule has 2 atom stereocenters. The van der Waals surface area contributed by atoms with Gasteiger partial charge in [-0.15, -0.1) is 0 Å². The molecule has 3 rings (SSSR count). The van der Waals surface area contributed by atoms with Crippen molar-refractivity contribution in [3.63, 3.8) is 0 Å². The van der Waals surface area contributed by atoms with Gasteiger partial charge in [0.15, 0.2) is 6.54 Å². The second-order valence-electron chi connectivity index (χ2n) is 10.3. The van der Waals surface area contributed by atoms with Crippen LogP contribution in [0.1, 0.15) is 68.3 Å². The molecule has 1 aliphatic carbocycles. The maximum absolute atomic E-state index is 12.6. The van der Waals surface area contributed by atoms with Crippen LogP contribution in [0.25, 0.3) is 0 Å². The molecule has 0 aromatic heterocycles. The predicted molar refractivity (Wildman–Crippen MR) is 170 cm³/mol. The molecular formula is C34H39Cl2N2O3+. The lowest BCUT2D eigenvalue weighted by molar-refractivity contribution is -0.455. The topological polar surface area (TPSA) is 69.4 Å². The fraction of sp³-hybridized carbons (Fsp3) is 0.324. The summed E-state index contributed by atoms with van der Waals surface area (Å²) >= 11 is 12.7. The summed E-state index contributed by atoms with van der Waals surface area (Å²) in [6, 6.07) is 7.65. The van der Waals surface area contributed by atoms with E-state index in [1.54, 1.807) is 0 Å². The lowest BCUT2D eigenvalue weighted by Crippen LogP contribution is -2.26. The van der Waals surface area contributed by atoms with E-state index in [-0.39, 0.29) is 30.7 Å². The number of benzene rings is 1. The smallest absolute Gasteiger partial charge is 0.305 e. The summed E-state index contributed by atoms with van der Waals surface area (Å²) in [6.45, 7) is 15.2. The molecule has 7 heteroatoms. The van der Waals surface area contributed by atoms with Crippen LogP contribution in [0.3, 0.4) is 0 Å². The van der Waals surface area contributed by atoms with Gasteiger partial charge in [-0.3, -0.25) is 9.59 Å². The Labute approximate surface area is 253 Å². The first-order valence-corrected chi connectivity index (χ1v) is 14.7. The van der Waals surface area contributed by atoms with Crippen molar-refractivity contribution < 1.29 is 19.3 Å². The minimum atomic E-state index is -0.949. The predicted octanol–water partition coefficient (Wildman–Crippen LogP) is 8.03. The third kappa shape index (κ3) is 8.31. The van der Waals surface area contributed by atoms with Gasteiger partial charge >= 0.3 is 5.97 Å². The van der Waals surface area contributed by atoms with E-state index in [1.165, 1.54) is 11.1 Å². The summed E-state index contributed by atoms with van der Waals surface area (Å²) in [5, 5.41) is 12.7. The van der Waals surface area contributed by atoms with Crippen LogP contribution in [0, 0.1) is 5.92 Å². The zero-order valence-corrected chi connectivity index (χ0v) is 25.6. The summed E-state index contributed by atoms with van der Waals surface area (Å²) in [5.41, 5.74) is 7.35. The molecule has 1 heterocycles. The average Bonchev–Trinajstić information content (AvgIpc) is 3.08. The molecule has 41 heavy (non-hydrogen) atoms. The van der Waals surface area contributed by atoms with Crippen LogP contribution in [0.5, 0.6) is 0 Å². The van der Waals surface area contributed by atoms with E-state index >= 15 is 0 Å². The second kappa shape index (κ2) is 15.0. The van der Waals surface area contributed by atoms with Crippen LogP contribution < -0.4 is 5.32 Å². The Bertz CT molecular complexity index is 1390. The first-order valence-electron chi connectivity index (χ1n) is 13.9. The second-order valence-corrected chi connectivity index (χ2v) is 11.2. The molecule has 2 unspecified atom stereocenters. The molecule has 2 N–H and O–H groups in total. The highest BCUT2D eigenvalue weighted by Gasteiger charge is 2.36. The SMILES string of the molecule is C=C(Cl)C=CC(=CC)C(C1=CC[N+](=C)C2=C1CC=C(Cl)C=C2C)C(CCC)c1ccc(C(=O)NCCC(=O)O)cc1. The molecule has 1 aromatic rings. The highest BCUT2D eigenvalue weighted by molar-refractivity contribution is 6.31. The lowest BCUT2D eigenvalue weighted by atomic mass is 9.70. The van der Waals surface area contributed by atoms with Crippen molar-refractivity contribution in [2.24, 2.45) is 5.92 Å². The first kappa shape index (κ1) is 32.1. The Morgan fingerprint density at radius 1 is 1.20 bits per heavy atom. The zero-order valence-electron chi connectivity index (χ0n) is 24.1. The number of nitrogens with one attached hydrogen (secondary N) is 1. The number of aliphatic carboxylic acids is 1. The minimum absolute atomic E-state index is 0.000708. The Hall–Kier alpha value is -3.41. The highest BCUT2D eigenvalue weighted by Crippen LogP contribution is 2.46. The van der Waals surface area contributed by atoms with Gasteiger partial charge in [-0.25, -0.2) is 4.58 Å². The Morgan fingerprint density at radius 3 is 2.51 bits per heavy atom. The van der Waals surface area contributed by atoms with E-state index in [9.17, 15) is 9.59 Å². The van der Waals surface area contributed by atoms with E-state index in [1.807, 2.05) is 54.0 Å². The molecule has 5 nitrogen and oxygen atoms in total. The van der Waals surface area contributed by atoms with Gasteiger partial charge in [0.25, 0.3) is 5.91 Å². The lowest BCUT2D eigenvalue weighted by Gasteiger charge is -2.33. The molecule has 216 valence electrons. The number of carboxylic acid groups (broad SMARTS) is 1. The standard InChI is InChI=1S/C34H38Cl2N2O3/c1-6-8-28(25-11-13-26(14-12-25)34(41)37-19-17-31(39)40)32(24(7-2)10-9-23(4)35)29-18-20-38(5)33-22(3)21-27(36)15-16-30(29)33/h7,9-15,18,21,28,32H,4-6,8,16-17,19-20H2,1-3H3,(H-,37,39,40,41)/p+1. The third-order valence-electron chi connectivity index (χ3n) is 7.42. The third-order valence-corrected chi connectivity index (χ3v) is 7.81. The number of rotatable bonds is 12. The Balaban J connectivity index is 2.11. The van der Waals surface area contributed by atoms with Gasteiger partial charge in [-0.2, -0.15) is 0 Å². The van der Waals surface area contributed by atoms with Crippen molar-refractivity contribution in [3.05, 3.63) is 116 Å². The molecular weight excluding hydrogens is 555 g/mol. The van der Waals surface area contributed by atoms with Crippen LogP contribution in [0.15, 0.2) is 105 Å². The van der Waals surface area contributed by atoms with Crippen molar-refractivity contribution in [2.75, 3.05) is 13.1 Å². The van der Waals surface area contributed by atoms with Crippen LogP contribution in [-0.2, 0) is 4.79 Å². The van der Waals surface area contributed by atoms with Gasteiger partial charge in [-0.1, -0.05) is 73.5 Å². The molecule has 0 saturated heterocycles. The van der Waals surface area contributed by atoms with Crippen molar-refractivity contribution in [2.45, 2.75) is 52.4 Å².